The number of morpholine rings is 1. The Labute approximate surface area is 202 Å². The summed E-state index contributed by atoms with van der Waals surface area (Å²) in [5, 5.41) is 0. The van der Waals surface area contributed by atoms with Gasteiger partial charge in [-0.25, -0.2) is 14.8 Å². The van der Waals surface area contributed by atoms with Crippen LogP contribution in [-0.4, -0.2) is 84.4 Å². The van der Waals surface area contributed by atoms with Crippen LogP contribution in [0.2, 0.25) is 0 Å². The van der Waals surface area contributed by atoms with Crippen LogP contribution in [0.25, 0.3) is 0 Å². The van der Waals surface area contributed by atoms with Crippen LogP contribution in [0.5, 0.6) is 0 Å². The molecule has 1 amide bonds. The van der Waals surface area contributed by atoms with Crippen LogP contribution < -0.4 is 10.6 Å². The molecular formula is C21H35IN6O3. The highest BCUT2D eigenvalue weighted by molar-refractivity contribution is 14.0. The molecule has 174 valence electrons. The summed E-state index contributed by atoms with van der Waals surface area (Å²) < 4.78 is 11.0. The second kappa shape index (κ2) is 11.2. The van der Waals surface area contributed by atoms with E-state index in [1.807, 2.05) is 44.0 Å². The number of carbonyl (C=O) groups is 1. The average molecular weight is 546 g/mol. The summed E-state index contributed by atoms with van der Waals surface area (Å²) in [5.74, 6) is 1.45. The first-order chi connectivity index (χ1) is 14.2. The minimum absolute atomic E-state index is 0. The molecule has 0 aliphatic carbocycles. The molecule has 1 aromatic rings. The molecular weight excluding hydrogens is 511 g/mol. The number of carbonyl (C=O) groups excluding carboxylic acids is 1. The molecule has 0 bridgehead atoms. The van der Waals surface area contributed by atoms with Gasteiger partial charge >= 0.3 is 6.09 Å². The number of piperazine rings is 1. The second-order valence-electron chi connectivity index (χ2n) is 8.78. The summed E-state index contributed by atoms with van der Waals surface area (Å²) in [5.41, 5.74) is 6.70. The van der Waals surface area contributed by atoms with E-state index in [2.05, 4.69) is 21.8 Å². The Bertz CT molecular complexity index is 744. The summed E-state index contributed by atoms with van der Waals surface area (Å²) >= 11 is 0. The Hall–Kier alpha value is -1.82. The highest BCUT2D eigenvalue weighted by atomic mass is 127. The molecule has 3 heterocycles. The fraction of sp³-hybridized carbons (Fsp3) is 0.667. The number of hydrogen-bond acceptors (Lipinski definition) is 6. The zero-order valence-corrected chi connectivity index (χ0v) is 21.2. The summed E-state index contributed by atoms with van der Waals surface area (Å²) in [4.78, 5) is 27.2. The number of nitrogens with two attached hydrogens (primary N) is 1. The number of amides is 1. The molecule has 1 unspecified atom stereocenters. The van der Waals surface area contributed by atoms with Crippen molar-refractivity contribution >= 4 is 41.8 Å². The summed E-state index contributed by atoms with van der Waals surface area (Å²) in [6.45, 7) is 13.0. The largest absolute Gasteiger partial charge is 0.444 e. The first kappa shape index (κ1) is 25.4. The fourth-order valence-electron chi connectivity index (χ4n) is 3.44. The third-order valence-corrected chi connectivity index (χ3v) is 5.05. The number of guanidine groups is 1. The number of anilines is 1. The smallest absolute Gasteiger partial charge is 0.410 e. The SMILES string of the molecule is CC1CN(c2ccc(CN=C(N)N3CCN(C(=O)OC(C)(C)C)CC3)cn2)CCO1.I. The normalized spacial score (nSPS) is 20.3. The van der Waals surface area contributed by atoms with Crippen molar-refractivity contribution in [3.63, 3.8) is 0 Å². The molecule has 0 aromatic carbocycles. The van der Waals surface area contributed by atoms with Crippen molar-refractivity contribution in [2.75, 3.05) is 50.8 Å². The molecule has 2 aliphatic rings. The molecule has 9 nitrogen and oxygen atoms in total. The van der Waals surface area contributed by atoms with E-state index in [4.69, 9.17) is 15.2 Å². The van der Waals surface area contributed by atoms with Gasteiger partial charge in [0.05, 0.1) is 19.3 Å². The maximum atomic E-state index is 12.2. The van der Waals surface area contributed by atoms with Gasteiger partial charge in [-0.15, -0.1) is 24.0 Å². The topological polar surface area (TPSA) is 96.5 Å². The Kier molecular flexibility index (Phi) is 9.16. The highest BCUT2D eigenvalue weighted by Gasteiger charge is 2.26. The monoisotopic (exact) mass is 546 g/mol. The molecule has 1 atom stereocenters. The molecule has 2 N–H and O–H groups in total. The molecule has 31 heavy (non-hydrogen) atoms. The zero-order chi connectivity index (χ0) is 21.7. The number of aromatic nitrogens is 1. The number of ether oxygens (including phenoxy) is 2. The van der Waals surface area contributed by atoms with Crippen molar-refractivity contribution in [3.8, 4) is 0 Å². The van der Waals surface area contributed by atoms with Gasteiger partial charge in [0.25, 0.3) is 0 Å². The van der Waals surface area contributed by atoms with E-state index >= 15 is 0 Å². The van der Waals surface area contributed by atoms with Crippen LogP contribution in [0, 0.1) is 0 Å². The number of hydrogen-bond donors (Lipinski definition) is 1. The van der Waals surface area contributed by atoms with Crippen LogP contribution >= 0.6 is 24.0 Å². The molecule has 0 spiro atoms. The minimum Gasteiger partial charge on any atom is -0.444 e. The van der Waals surface area contributed by atoms with E-state index < -0.39 is 5.60 Å². The molecule has 2 fully saturated rings. The van der Waals surface area contributed by atoms with Gasteiger partial charge in [-0.1, -0.05) is 6.07 Å². The maximum Gasteiger partial charge on any atom is 0.410 e. The van der Waals surface area contributed by atoms with E-state index in [1.54, 1.807) is 4.90 Å². The predicted octanol–water partition coefficient (Wildman–Crippen LogP) is 2.29. The van der Waals surface area contributed by atoms with E-state index in [0.717, 1.165) is 31.1 Å². The fourth-order valence-corrected chi connectivity index (χ4v) is 3.44. The van der Waals surface area contributed by atoms with Crippen molar-refractivity contribution in [2.45, 2.75) is 45.9 Å². The van der Waals surface area contributed by atoms with Gasteiger partial charge in [0, 0.05) is 45.5 Å². The van der Waals surface area contributed by atoms with Crippen LogP contribution in [0.4, 0.5) is 10.6 Å². The van der Waals surface area contributed by atoms with Crippen LogP contribution in [0.15, 0.2) is 23.3 Å². The van der Waals surface area contributed by atoms with Crippen molar-refractivity contribution in [3.05, 3.63) is 23.9 Å². The van der Waals surface area contributed by atoms with Gasteiger partial charge < -0.3 is 29.9 Å². The Morgan fingerprint density at radius 3 is 2.48 bits per heavy atom. The van der Waals surface area contributed by atoms with Crippen molar-refractivity contribution in [1.82, 2.24) is 14.8 Å². The Morgan fingerprint density at radius 2 is 1.90 bits per heavy atom. The lowest BCUT2D eigenvalue weighted by Crippen LogP contribution is -2.53. The molecule has 10 heteroatoms. The molecule has 2 aliphatic heterocycles. The van der Waals surface area contributed by atoms with Gasteiger partial charge in [0.2, 0.25) is 0 Å². The van der Waals surface area contributed by atoms with Gasteiger partial charge in [0.1, 0.15) is 11.4 Å². The van der Waals surface area contributed by atoms with Crippen molar-refractivity contribution < 1.29 is 14.3 Å². The Balaban J connectivity index is 0.00000341. The molecule has 2 saturated heterocycles. The van der Waals surface area contributed by atoms with Crippen LogP contribution in [-0.2, 0) is 16.0 Å². The van der Waals surface area contributed by atoms with Gasteiger partial charge in [-0.2, -0.15) is 0 Å². The van der Waals surface area contributed by atoms with Crippen molar-refractivity contribution in [2.24, 2.45) is 10.7 Å². The maximum absolute atomic E-state index is 12.2. The number of aliphatic imine (C=N–C) groups is 1. The van der Waals surface area contributed by atoms with Crippen LogP contribution in [0.1, 0.15) is 33.3 Å². The average Bonchev–Trinajstić information content (AvgIpc) is 2.71. The predicted molar refractivity (Wildman–Crippen MR) is 132 cm³/mol. The minimum atomic E-state index is -0.488. The number of halogens is 1. The van der Waals surface area contributed by atoms with Gasteiger partial charge in [-0.05, 0) is 39.3 Å². The lowest BCUT2D eigenvalue weighted by molar-refractivity contribution is 0.0186. The summed E-state index contributed by atoms with van der Waals surface area (Å²) in [7, 11) is 0. The second-order valence-corrected chi connectivity index (χ2v) is 8.78. The molecule has 1 aromatic heterocycles. The first-order valence-electron chi connectivity index (χ1n) is 10.6. The highest BCUT2D eigenvalue weighted by Crippen LogP contribution is 2.16. The number of pyridine rings is 1. The number of nitrogens with zero attached hydrogens (tertiary/aromatic N) is 5. The van der Waals surface area contributed by atoms with E-state index in [9.17, 15) is 4.79 Å². The first-order valence-corrected chi connectivity index (χ1v) is 10.6. The molecule has 0 radical (unpaired) electrons. The quantitative estimate of drug-likeness (QED) is 0.353. The zero-order valence-electron chi connectivity index (χ0n) is 18.9. The molecule has 3 rings (SSSR count). The molecule has 0 saturated carbocycles. The van der Waals surface area contributed by atoms with Crippen LogP contribution in [0.3, 0.4) is 0 Å². The third kappa shape index (κ3) is 7.67. The number of rotatable bonds is 3. The lowest BCUT2D eigenvalue weighted by Gasteiger charge is -2.36. The van der Waals surface area contributed by atoms with Gasteiger partial charge in [-0.3, -0.25) is 0 Å². The standard InChI is InChI=1S/C21H34N6O3.HI/c1-16-15-27(11-12-29-16)18-6-5-17(13-23-18)14-24-19(22)25-7-9-26(10-8-25)20(28)30-21(2,3)4;/h5-6,13,16H,7-12,14-15H2,1-4H3,(H2,22,24);1H. The lowest BCUT2D eigenvalue weighted by atomic mass is 10.2. The Morgan fingerprint density at radius 1 is 1.23 bits per heavy atom. The third-order valence-electron chi connectivity index (χ3n) is 5.05. The van der Waals surface area contributed by atoms with Crippen molar-refractivity contribution in [1.29, 1.82) is 0 Å². The van der Waals surface area contributed by atoms with E-state index in [1.165, 1.54) is 0 Å². The summed E-state index contributed by atoms with van der Waals surface area (Å²) in [6.07, 6.45) is 1.80. The van der Waals surface area contributed by atoms with Gasteiger partial charge in [0.15, 0.2) is 5.96 Å². The van der Waals surface area contributed by atoms with E-state index in [0.29, 0.717) is 38.7 Å². The van der Waals surface area contributed by atoms with E-state index in [-0.39, 0.29) is 36.2 Å². The summed E-state index contributed by atoms with van der Waals surface area (Å²) in [6, 6.07) is 4.07.